The van der Waals surface area contributed by atoms with Crippen LogP contribution in [0.2, 0.25) is 0 Å². The number of benzene rings is 2. The van der Waals surface area contributed by atoms with E-state index in [1.54, 1.807) is 28.4 Å². The number of nitrogens with zero attached hydrogens (tertiary/aromatic N) is 3. The standard InChI is InChI=1S/C23H25N3O3S/c1-25(2)18-11-9-16(10-12-18)23(28)29-15-21(27)26-13-5-6-17(14-26)22-24-19-7-3-4-8-20(19)30-22/h3-4,7-12,17H,5-6,13-15H2,1-2H3/t17-/m0/s1. The number of piperidine rings is 1. The quantitative estimate of drug-likeness (QED) is 0.582. The van der Waals surface area contributed by atoms with Gasteiger partial charge in [0.2, 0.25) is 0 Å². The lowest BCUT2D eigenvalue weighted by atomic mass is 9.99. The third-order valence-electron chi connectivity index (χ3n) is 5.38. The predicted molar refractivity (Wildman–Crippen MR) is 119 cm³/mol. The van der Waals surface area contributed by atoms with E-state index in [9.17, 15) is 9.59 Å². The second-order valence-electron chi connectivity index (χ2n) is 7.72. The van der Waals surface area contributed by atoms with E-state index in [4.69, 9.17) is 9.72 Å². The van der Waals surface area contributed by atoms with E-state index >= 15 is 0 Å². The number of carbonyl (C=O) groups is 2. The van der Waals surface area contributed by atoms with Gasteiger partial charge in [-0.2, -0.15) is 0 Å². The molecule has 0 saturated carbocycles. The number of amides is 1. The number of hydrogen-bond acceptors (Lipinski definition) is 6. The number of aromatic nitrogens is 1. The second kappa shape index (κ2) is 8.83. The topological polar surface area (TPSA) is 62.7 Å². The van der Waals surface area contributed by atoms with Crippen LogP contribution in [0.5, 0.6) is 0 Å². The molecule has 30 heavy (non-hydrogen) atoms. The molecule has 1 aliphatic heterocycles. The molecule has 1 atom stereocenters. The summed E-state index contributed by atoms with van der Waals surface area (Å²) in [4.78, 5) is 33.4. The Morgan fingerprint density at radius 2 is 1.93 bits per heavy atom. The molecule has 2 aromatic carbocycles. The molecule has 3 aromatic rings. The van der Waals surface area contributed by atoms with Gasteiger partial charge in [-0.1, -0.05) is 12.1 Å². The zero-order chi connectivity index (χ0) is 21.1. The van der Waals surface area contributed by atoms with E-state index in [0.29, 0.717) is 18.7 Å². The molecule has 0 unspecified atom stereocenters. The minimum absolute atomic E-state index is 0.154. The maximum Gasteiger partial charge on any atom is 0.338 e. The fourth-order valence-electron chi connectivity index (χ4n) is 3.67. The molecule has 2 heterocycles. The predicted octanol–water partition coefficient (Wildman–Crippen LogP) is 3.93. The number of anilines is 1. The fraction of sp³-hybridized carbons (Fsp3) is 0.348. The van der Waals surface area contributed by atoms with Gasteiger partial charge < -0.3 is 14.5 Å². The number of para-hydroxylation sites is 1. The molecule has 1 fully saturated rings. The summed E-state index contributed by atoms with van der Waals surface area (Å²) < 4.78 is 6.45. The van der Waals surface area contributed by atoms with Gasteiger partial charge >= 0.3 is 5.97 Å². The van der Waals surface area contributed by atoms with Crippen molar-refractivity contribution in [2.24, 2.45) is 0 Å². The van der Waals surface area contributed by atoms with Crippen LogP contribution in [0.25, 0.3) is 10.2 Å². The van der Waals surface area contributed by atoms with Crippen LogP contribution in [-0.4, -0.2) is 55.6 Å². The average molecular weight is 424 g/mol. The number of ether oxygens (including phenoxy) is 1. The van der Waals surface area contributed by atoms with Crippen molar-refractivity contribution in [1.29, 1.82) is 0 Å². The van der Waals surface area contributed by atoms with Crippen LogP contribution in [0.15, 0.2) is 48.5 Å². The number of carbonyl (C=O) groups excluding carboxylic acids is 2. The van der Waals surface area contributed by atoms with Crippen molar-refractivity contribution in [2.75, 3.05) is 38.7 Å². The monoisotopic (exact) mass is 423 g/mol. The summed E-state index contributed by atoms with van der Waals surface area (Å²) in [6, 6.07) is 15.2. The van der Waals surface area contributed by atoms with Gasteiger partial charge in [-0.3, -0.25) is 4.79 Å². The van der Waals surface area contributed by atoms with Crippen LogP contribution in [0.1, 0.15) is 34.1 Å². The maximum absolute atomic E-state index is 12.7. The Labute approximate surface area is 180 Å². The Morgan fingerprint density at radius 3 is 2.67 bits per heavy atom. The maximum atomic E-state index is 12.7. The Morgan fingerprint density at radius 1 is 1.17 bits per heavy atom. The molecular formula is C23H25N3O3S. The van der Waals surface area contributed by atoms with Crippen LogP contribution < -0.4 is 4.90 Å². The molecule has 0 radical (unpaired) electrons. The molecule has 1 amide bonds. The first kappa shape index (κ1) is 20.3. The molecule has 0 aliphatic carbocycles. The van der Waals surface area contributed by atoms with E-state index in [-0.39, 0.29) is 18.4 Å². The summed E-state index contributed by atoms with van der Waals surface area (Å²) in [5.74, 6) is -0.401. The first-order valence-electron chi connectivity index (χ1n) is 10.1. The first-order valence-corrected chi connectivity index (χ1v) is 10.9. The molecule has 0 bridgehead atoms. The van der Waals surface area contributed by atoms with Gasteiger partial charge in [0.1, 0.15) is 0 Å². The Balaban J connectivity index is 1.34. The summed E-state index contributed by atoms with van der Waals surface area (Å²) >= 11 is 1.70. The molecule has 1 aliphatic rings. The zero-order valence-corrected chi connectivity index (χ0v) is 18.0. The fourth-order valence-corrected chi connectivity index (χ4v) is 4.76. The van der Waals surface area contributed by atoms with Crippen molar-refractivity contribution < 1.29 is 14.3 Å². The molecule has 6 nitrogen and oxygen atoms in total. The lowest BCUT2D eigenvalue weighted by Crippen LogP contribution is -2.41. The minimum atomic E-state index is -0.478. The molecule has 7 heteroatoms. The van der Waals surface area contributed by atoms with E-state index in [1.807, 2.05) is 49.3 Å². The van der Waals surface area contributed by atoms with E-state index in [1.165, 1.54) is 4.70 Å². The molecule has 156 valence electrons. The van der Waals surface area contributed by atoms with Crippen molar-refractivity contribution >= 4 is 39.1 Å². The third-order valence-corrected chi connectivity index (χ3v) is 6.58. The summed E-state index contributed by atoms with van der Waals surface area (Å²) in [7, 11) is 3.87. The van der Waals surface area contributed by atoms with Crippen molar-refractivity contribution in [1.82, 2.24) is 9.88 Å². The number of likely N-dealkylation sites (tertiary alicyclic amines) is 1. The molecule has 4 rings (SSSR count). The van der Waals surface area contributed by atoms with Crippen molar-refractivity contribution in [3.05, 3.63) is 59.1 Å². The van der Waals surface area contributed by atoms with Crippen molar-refractivity contribution in [3.63, 3.8) is 0 Å². The number of thiazole rings is 1. The van der Waals surface area contributed by atoms with Gasteiger partial charge in [-0.05, 0) is 49.2 Å². The lowest BCUT2D eigenvalue weighted by Gasteiger charge is -2.31. The Kier molecular flexibility index (Phi) is 5.99. The van der Waals surface area contributed by atoms with Crippen LogP contribution in [0, 0.1) is 0 Å². The van der Waals surface area contributed by atoms with Crippen LogP contribution in [0.3, 0.4) is 0 Å². The number of fused-ring (bicyclic) bond motifs is 1. The summed E-state index contributed by atoms with van der Waals surface area (Å²) in [6.45, 7) is 1.07. The summed E-state index contributed by atoms with van der Waals surface area (Å²) in [5, 5.41) is 1.08. The number of rotatable bonds is 5. The van der Waals surface area contributed by atoms with E-state index in [0.717, 1.165) is 29.1 Å². The Hall–Kier alpha value is -2.93. The zero-order valence-electron chi connectivity index (χ0n) is 17.2. The van der Waals surface area contributed by atoms with E-state index in [2.05, 4.69) is 6.07 Å². The molecule has 1 saturated heterocycles. The smallest absolute Gasteiger partial charge is 0.338 e. The highest BCUT2D eigenvalue weighted by Gasteiger charge is 2.27. The van der Waals surface area contributed by atoms with Crippen molar-refractivity contribution in [3.8, 4) is 0 Å². The van der Waals surface area contributed by atoms with Gasteiger partial charge in [0.05, 0.1) is 20.8 Å². The number of hydrogen-bond donors (Lipinski definition) is 0. The van der Waals surface area contributed by atoms with E-state index < -0.39 is 5.97 Å². The highest BCUT2D eigenvalue weighted by atomic mass is 32.1. The third kappa shape index (κ3) is 4.46. The molecule has 0 spiro atoms. The first-order chi connectivity index (χ1) is 14.5. The summed E-state index contributed by atoms with van der Waals surface area (Å²) in [6.07, 6.45) is 1.94. The van der Waals surface area contributed by atoms with Crippen LogP contribution in [-0.2, 0) is 9.53 Å². The van der Waals surface area contributed by atoms with Crippen LogP contribution in [0.4, 0.5) is 5.69 Å². The summed E-state index contributed by atoms with van der Waals surface area (Å²) in [5.41, 5.74) is 2.45. The minimum Gasteiger partial charge on any atom is -0.452 e. The normalized spacial score (nSPS) is 16.5. The highest BCUT2D eigenvalue weighted by Crippen LogP contribution is 2.33. The van der Waals surface area contributed by atoms with Gasteiger partial charge in [0.15, 0.2) is 6.61 Å². The van der Waals surface area contributed by atoms with Gasteiger partial charge in [0, 0.05) is 38.8 Å². The van der Waals surface area contributed by atoms with Gasteiger partial charge in [-0.25, -0.2) is 9.78 Å². The molecular weight excluding hydrogens is 398 g/mol. The van der Waals surface area contributed by atoms with Gasteiger partial charge in [-0.15, -0.1) is 11.3 Å². The second-order valence-corrected chi connectivity index (χ2v) is 8.78. The molecule has 1 aromatic heterocycles. The van der Waals surface area contributed by atoms with Crippen molar-refractivity contribution in [2.45, 2.75) is 18.8 Å². The SMILES string of the molecule is CN(C)c1ccc(C(=O)OCC(=O)N2CCC[C@H](c3nc4ccccc4s3)C2)cc1. The Bertz CT molecular complexity index is 1010. The highest BCUT2D eigenvalue weighted by molar-refractivity contribution is 7.18. The van der Waals surface area contributed by atoms with Crippen LogP contribution >= 0.6 is 11.3 Å². The molecule has 0 N–H and O–H groups in total. The average Bonchev–Trinajstić information content (AvgIpc) is 3.22. The lowest BCUT2D eigenvalue weighted by molar-refractivity contribution is -0.135. The van der Waals surface area contributed by atoms with Gasteiger partial charge in [0.25, 0.3) is 5.91 Å². The number of esters is 1. The largest absolute Gasteiger partial charge is 0.452 e.